The smallest absolute Gasteiger partial charge is 0.276 e. The van der Waals surface area contributed by atoms with Crippen LogP contribution in [-0.4, -0.2) is 26.2 Å². The topological polar surface area (TPSA) is 64.0 Å². The van der Waals surface area contributed by atoms with Crippen LogP contribution in [0.1, 0.15) is 33.7 Å². The van der Waals surface area contributed by atoms with Gasteiger partial charge in [0, 0.05) is 38.9 Å². The highest BCUT2D eigenvalue weighted by molar-refractivity contribution is 7.84. The number of hydrogen-bond donors (Lipinski definition) is 1. The Hall–Kier alpha value is -2.80. The van der Waals surface area contributed by atoms with E-state index in [1.165, 1.54) is 6.07 Å². The van der Waals surface area contributed by atoms with Crippen LogP contribution in [0, 0.1) is 12.7 Å². The van der Waals surface area contributed by atoms with E-state index in [1.807, 2.05) is 13.0 Å². The third-order valence-electron chi connectivity index (χ3n) is 4.90. The summed E-state index contributed by atoms with van der Waals surface area (Å²) in [6, 6.07) is 11.9. The van der Waals surface area contributed by atoms with Crippen LogP contribution < -0.4 is 5.32 Å². The van der Waals surface area contributed by atoms with E-state index in [0.29, 0.717) is 22.0 Å². The van der Waals surface area contributed by atoms with Crippen LogP contribution >= 0.6 is 0 Å². The van der Waals surface area contributed by atoms with Crippen molar-refractivity contribution in [2.24, 2.45) is 0 Å². The van der Waals surface area contributed by atoms with Crippen LogP contribution in [0.15, 0.2) is 47.4 Å². The van der Waals surface area contributed by atoms with Crippen molar-refractivity contribution in [3.63, 3.8) is 0 Å². The summed E-state index contributed by atoms with van der Waals surface area (Å²) in [5, 5.41) is 7.28. The summed E-state index contributed by atoms with van der Waals surface area (Å²) in [7, 11) is -1.14. The molecular weight excluding hydrogens is 377 g/mol. The van der Waals surface area contributed by atoms with Crippen LogP contribution in [-0.2, 0) is 23.6 Å². The number of nitrogens with one attached hydrogen (secondary N) is 1. The number of hydrogen-bond acceptors (Lipinski definition) is 3. The number of anilines is 1. The number of aryl methyl sites for hydroxylation is 1. The Morgan fingerprint density at radius 3 is 2.79 bits per heavy atom. The van der Waals surface area contributed by atoms with E-state index in [9.17, 15) is 13.4 Å². The molecular formula is C21H20FN3O2S. The number of aromatic nitrogens is 2. The zero-order valence-electron chi connectivity index (χ0n) is 15.7. The van der Waals surface area contributed by atoms with Crippen LogP contribution in [0.4, 0.5) is 10.1 Å². The lowest BCUT2D eigenvalue weighted by Gasteiger charge is -2.08. The molecule has 1 aliphatic carbocycles. The van der Waals surface area contributed by atoms with Crippen molar-refractivity contribution >= 4 is 22.4 Å². The van der Waals surface area contributed by atoms with Crippen molar-refractivity contribution in [3.05, 3.63) is 70.8 Å². The first-order chi connectivity index (χ1) is 13.4. The summed E-state index contributed by atoms with van der Waals surface area (Å²) in [5.74, 6) is -0.703. The van der Waals surface area contributed by atoms with Gasteiger partial charge in [-0.3, -0.25) is 9.00 Å². The fourth-order valence-corrected chi connectivity index (χ4v) is 4.11. The highest BCUT2D eigenvalue weighted by Gasteiger charge is 2.28. The SMILES string of the molecule is Cc1ccc(-n2nc(C(=O)Nc3cccc([S@](C)=O)c3)c3c2CCC3)c(F)c1. The minimum Gasteiger partial charge on any atom is -0.321 e. The first-order valence-corrected chi connectivity index (χ1v) is 10.6. The summed E-state index contributed by atoms with van der Waals surface area (Å²) in [4.78, 5) is 13.5. The predicted molar refractivity (Wildman–Crippen MR) is 107 cm³/mol. The van der Waals surface area contributed by atoms with Gasteiger partial charge in [0.05, 0.1) is 0 Å². The summed E-state index contributed by atoms with van der Waals surface area (Å²) in [6.45, 7) is 1.83. The second-order valence-corrected chi connectivity index (χ2v) is 8.31. The van der Waals surface area contributed by atoms with Gasteiger partial charge in [0.25, 0.3) is 5.91 Å². The lowest BCUT2D eigenvalue weighted by Crippen LogP contribution is -2.15. The molecule has 0 aliphatic heterocycles. The maximum atomic E-state index is 14.5. The van der Waals surface area contributed by atoms with Crippen molar-refractivity contribution in [2.75, 3.05) is 11.6 Å². The first-order valence-electron chi connectivity index (χ1n) is 9.06. The zero-order chi connectivity index (χ0) is 19.8. The number of amides is 1. The molecule has 1 N–H and O–H groups in total. The average Bonchev–Trinajstić information content (AvgIpc) is 3.25. The molecule has 0 fully saturated rings. The number of rotatable bonds is 4. The number of benzene rings is 2. The monoisotopic (exact) mass is 397 g/mol. The van der Waals surface area contributed by atoms with Gasteiger partial charge >= 0.3 is 0 Å². The normalized spacial score (nSPS) is 14.0. The molecule has 0 bridgehead atoms. The van der Waals surface area contributed by atoms with Crippen LogP contribution in [0.25, 0.3) is 5.69 Å². The summed E-state index contributed by atoms with van der Waals surface area (Å²) >= 11 is 0. The lowest BCUT2D eigenvalue weighted by atomic mass is 10.2. The summed E-state index contributed by atoms with van der Waals surface area (Å²) < 4.78 is 27.7. The predicted octanol–water partition coefficient (Wildman–Crippen LogP) is 3.80. The van der Waals surface area contributed by atoms with E-state index in [2.05, 4.69) is 10.4 Å². The van der Waals surface area contributed by atoms with E-state index in [0.717, 1.165) is 36.1 Å². The van der Waals surface area contributed by atoms with Gasteiger partial charge in [-0.05, 0) is 62.1 Å². The van der Waals surface area contributed by atoms with Crippen molar-refractivity contribution in [1.29, 1.82) is 0 Å². The molecule has 0 saturated carbocycles. The molecule has 1 atom stereocenters. The molecule has 2 aromatic carbocycles. The minimum absolute atomic E-state index is 0.315. The highest BCUT2D eigenvalue weighted by Crippen LogP contribution is 2.29. The van der Waals surface area contributed by atoms with Crippen LogP contribution in [0.2, 0.25) is 0 Å². The molecule has 0 radical (unpaired) electrons. The standard InChI is InChI=1S/C21H20FN3O2S/c1-13-9-10-19(17(22)11-13)25-18-8-4-7-16(18)20(24-25)21(26)23-14-5-3-6-15(12-14)28(2)27/h3,5-6,9-12H,4,7-8H2,1-2H3,(H,23,26)/t28-/m0/s1. The molecule has 0 unspecified atom stereocenters. The number of carbonyl (C=O) groups excluding carboxylic acids is 1. The minimum atomic E-state index is -1.14. The number of halogens is 1. The third kappa shape index (κ3) is 3.38. The van der Waals surface area contributed by atoms with E-state index < -0.39 is 10.8 Å². The second kappa shape index (κ2) is 7.31. The zero-order valence-corrected chi connectivity index (χ0v) is 16.5. The van der Waals surface area contributed by atoms with Crippen LogP contribution in [0.3, 0.4) is 0 Å². The quantitative estimate of drug-likeness (QED) is 0.728. The Morgan fingerprint density at radius 2 is 2.04 bits per heavy atom. The average molecular weight is 397 g/mol. The van der Waals surface area contributed by atoms with Crippen LogP contribution in [0.5, 0.6) is 0 Å². The molecule has 7 heteroatoms. The fraction of sp³-hybridized carbons (Fsp3) is 0.238. The van der Waals surface area contributed by atoms with Gasteiger partial charge in [-0.15, -0.1) is 0 Å². The van der Waals surface area contributed by atoms with Gasteiger partial charge in [0.2, 0.25) is 0 Å². The third-order valence-corrected chi connectivity index (χ3v) is 5.82. The number of fused-ring (bicyclic) bond motifs is 1. The molecule has 5 nitrogen and oxygen atoms in total. The molecule has 1 heterocycles. The van der Waals surface area contributed by atoms with Gasteiger partial charge in [-0.2, -0.15) is 5.10 Å². The highest BCUT2D eigenvalue weighted by atomic mass is 32.2. The molecule has 144 valence electrons. The van der Waals surface area contributed by atoms with E-state index >= 15 is 0 Å². The van der Waals surface area contributed by atoms with E-state index in [4.69, 9.17) is 0 Å². The van der Waals surface area contributed by atoms with Gasteiger partial charge in [-0.25, -0.2) is 9.07 Å². The Kier molecular flexibility index (Phi) is 4.85. The molecule has 0 saturated heterocycles. The van der Waals surface area contributed by atoms with Gasteiger partial charge in [0.15, 0.2) is 5.69 Å². The summed E-state index contributed by atoms with van der Waals surface area (Å²) in [6.07, 6.45) is 3.99. The van der Waals surface area contributed by atoms with Crippen molar-refractivity contribution in [3.8, 4) is 5.69 Å². The molecule has 1 amide bonds. The number of nitrogens with zero attached hydrogens (tertiary/aromatic N) is 2. The maximum Gasteiger partial charge on any atom is 0.276 e. The van der Waals surface area contributed by atoms with Crippen molar-refractivity contribution in [1.82, 2.24) is 9.78 Å². The largest absolute Gasteiger partial charge is 0.321 e. The lowest BCUT2D eigenvalue weighted by molar-refractivity contribution is 0.102. The Bertz CT molecular complexity index is 1110. The molecule has 28 heavy (non-hydrogen) atoms. The fourth-order valence-electron chi connectivity index (χ4n) is 3.55. The molecule has 3 aromatic rings. The first kappa shape index (κ1) is 18.6. The van der Waals surface area contributed by atoms with Gasteiger partial charge in [0.1, 0.15) is 11.5 Å². The molecule has 1 aliphatic rings. The Balaban J connectivity index is 1.70. The summed E-state index contributed by atoms with van der Waals surface area (Å²) in [5.41, 5.74) is 3.81. The molecule has 0 spiro atoms. The Labute approximate surface area is 165 Å². The van der Waals surface area contributed by atoms with Crippen molar-refractivity contribution < 1.29 is 13.4 Å². The van der Waals surface area contributed by atoms with E-state index in [-0.39, 0.29) is 11.7 Å². The van der Waals surface area contributed by atoms with Gasteiger partial charge in [-0.1, -0.05) is 12.1 Å². The number of carbonyl (C=O) groups is 1. The molecule has 1 aromatic heterocycles. The molecule has 4 rings (SSSR count). The van der Waals surface area contributed by atoms with Crippen molar-refractivity contribution in [2.45, 2.75) is 31.1 Å². The van der Waals surface area contributed by atoms with Gasteiger partial charge < -0.3 is 5.32 Å². The Morgan fingerprint density at radius 1 is 1.21 bits per heavy atom. The second-order valence-electron chi connectivity index (χ2n) is 6.93. The van der Waals surface area contributed by atoms with E-state index in [1.54, 1.807) is 41.3 Å². The maximum absolute atomic E-state index is 14.5.